The fourth-order valence-corrected chi connectivity index (χ4v) is 2.73. The normalized spacial score (nSPS) is 23.2. The van der Waals surface area contributed by atoms with Crippen LogP contribution in [0.15, 0.2) is 11.4 Å². The molecule has 1 fully saturated rings. The van der Waals surface area contributed by atoms with Gasteiger partial charge in [0.25, 0.3) is 0 Å². The van der Waals surface area contributed by atoms with Crippen LogP contribution in [-0.4, -0.2) is 52.9 Å². The van der Waals surface area contributed by atoms with Gasteiger partial charge in [-0.3, -0.25) is 9.69 Å². The number of anilines is 1. The highest BCUT2D eigenvalue weighted by atomic mass is 32.1. The predicted molar refractivity (Wildman–Crippen MR) is 70.7 cm³/mol. The molecule has 1 aliphatic rings. The van der Waals surface area contributed by atoms with Crippen molar-refractivity contribution in [2.75, 3.05) is 25.0 Å². The first-order valence-electron chi connectivity index (χ1n) is 5.96. The van der Waals surface area contributed by atoms with Crippen LogP contribution in [0.4, 0.5) is 5.00 Å². The van der Waals surface area contributed by atoms with E-state index in [1.54, 1.807) is 11.4 Å². The predicted octanol–water partition coefficient (Wildman–Crippen LogP) is -0.0142. The molecule has 19 heavy (non-hydrogen) atoms. The average Bonchev–Trinajstić information content (AvgIpc) is 2.94. The van der Waals surface area contributed by atoms with Crippen molar-refractivity contribution in [3.63, 3.8) is 0 Å². The Morgan fingerprint density at radius 1 is 1.53 bits per heavy atom. The Labute approximate surface area is 114 Å². The third kappa shape index (κ3) is 3.52. The molecule has 0 aromatic carbocycles. The summed E-state index contributed by atoms with van der Waals surface area (Å²) in [5, 5.41) is 32.6. The monoisotopic (exact) mass is 281 g/mol. The molecule has 2 heterocycles. The van der Waals surface area contributed by atoms with Crippen LogP contribution in [0.1, 0.15) is 12.0 Å². The van der Waals surface area contributed by atoms with Crippen molar-refractivity contribution in [3.05, 3.63) is 17.0 Å². The lowest BCUT2D eigenvalue weighted by Gasteiger charge is -2.13. The molecule has 0 aliphatic carbocycles. The molecule has 2 unspecified atom stereocenters. The molecular weight excluding hydrogens is 266 g/mol. The Morgan fingerprint density at radius 3 is 2.84 bits per heavy atom. The van der Waals surface area contributed by atoms with Crippen LogP contribution in [-0.2, 0) is 4.79 Å². The number of carbonyl (C=O) groups excluding carboxylic acids is 1. The number of hydrogen-bond donors (Lipinski definition) is 3. The van der Waals surface area contributed by atoms with E-state index in [-0.39, 0.29) is 12.3 Å². The van der Waals surface area contributed by atoms with Gasteiger partial charge in [0.15, 0.2) is 0 Å². The Hall–Kier alpha value is -1.46. The standard InChI is InChI=1S/C12H15N3O3S/c13-5-8-2-4-19-12(8)14-11(18)1-3-15-6-9(16)10(17)7-15/h2,4,9-10,16-17H,1,3,6-7H2,(H,14,18). The summed E-state index contributed by atoms with van der Waals surface area (Å²) in [5.74, 6) is -0.171. The van der Waals surface area contributed by atoms with E-state index in [1.165, 1.54) is 11.3 Å². The SMILES string of the molecule is N#Cc1ccsc1NC(=O)CCN1CC(O)C(O)C1. The average molecular weight is 281 g/mol. The highest BCUT2D eigenvalue weighted by Gasteiger charge is 2.29. The van der Waals surface area contributed by atoms with E-state index in [4.69, 9.17) is 5.26 Å². The third-order valence-electron chi connectivity index (χ3n) is 3.03. The highest BCUT2D eigenvalue weighted by molar-refractivity contribution is 7.14. The number of nitrogens with zero attached hydrogens (tertiary/aromatic N) is 2. The van der Waals surface area contributed by atoms with Crippen LogP contribution in [0.2, 0.25) is 0 Å². The van der Waals surface area contributed by atoms with E-state index in [0.717, 1.165) is 0 Å². The summed E-state index contributed by atoms with van der Waals surface area (Å²) in [7, 11) is 0. The number of likely N-dealkylation sites (tertiary alicyclic amines) is 1. The second kappa shape index (κ2) is 6.12. The van der Waals surface area contributed by atoms with E-state index in [0.29, 0.717) is 30.2 Å². The molecule has 0 bridgehead atoms. The van der Waals surface area contributed by atoms with Crippen LogP contribution in [0, 0.1) is 11.3 Å². The van der Waals surface area contributed by atoms with Crippen molar-refractivity contribution in [3.8, 4) is 6.07 Å². The number of amides is 1. The van der Waals surface area contributed by atoms with Gasteiger partial charge in [0.1, 0.15) is 11.1 Å². The number of thiophene rings is 1. The highest BCUT2D eigenvalue weighted by Crippen LogP contribution is 2.22. The Morgan fingerprint density at radius 2 is 2.21 bits per heavy atom. The molecule has 1 amide bonds. The first-order chi connectivity index (χ1) is 9.10. The fourth-order valence-electron chi connectivity index (χ4n) is 1.97. The van der Waals surface area contributed by atoms with Crippen LogP contribution >= 0.6 is 11.3 Å². The fraction of sp³-hybridized carbons (Fsp3) is 0.500. The summed E-state index contributed by atoms with van der Waals surface area (Å²) in [5.41, 5.74) is 0.463. The van der Waals surface area contributed by atoms with Crippen LogP contribution < -0.4 is 5.32 Å². The summed E-state index contributed by atoms with van der Waals surface area (Å²) < 4.78 is 0. The molecule has 2 rings (SSSR count). The molecule has 7 heteroatoms. The first kappa shape index (κ1) is 14.0. The number of rotatable bonds is 4. The molecule has 6 nitrogen and oxygen atoms in total. The second-order valence-electron chi connectivity index (χ2n) is 4.47. The van der Waals surface area contributed by atoms with Gasteiger partial charge in [-0.1, -0.05) is 0 Å². The number of β-amino-alcohol motifs (C(OH)–C–C–N with tert-alkyl or cyclic N) is 2. The quantitative estimate of drug-likeness (QED) is 0.721. The molecule has 102 valence electrons. The molecule has 0 saturated carbocycles. The molecule has 1 aromatic heterocycles. The summed E-state index contributed by atoms with van der Waals surface area (Å²) in [4.78, 5) is 13.6. The molecule has 1 saturated heterocycles. The Balaban J connectivity index is 1.78. The van der Waals surface area contributed by atoms with Crippen LogP contribution in [0.3, 0.4) is 0 Å². The summed E-state index contributed by atoms with van der Waals surface area (Å²) in [6.07, 6.45) is -1.20. The number of hydrogen-bond acceptors (Lipinski definition) is 6. The number of carbonyl (C=O) groups is 1. The van der Waals surface area contributed by atoms with Crippen molar-refractivity contribution >= 4 is 22.2 Å². The zero-order chi connectivity index (χ0) is 13.8. The largest absolute Gasteiger partial charge is 0.389 e. The zero-order valence-electron chi connectivity index (χ0n) is 10.2. The maximum atomic E-state index is 11.7. The van der Waals surface area contributed by atoms with E-state index in [2.05, 4.69) is 5.32 Å². The van der Waals surface area contributed by atoms with Crippen LogP contribution in [0.25, 0.3) is 0 Å². The molecule has 1 aliphatic heterocycles. The van der Waals surface area contributed by atoms with Gasteiger partial charge in [0.2, 0.25) is 5.91 Å². The number of aliphatic hydroxyl groups excluding tert-OH is 2. The minimum Gasteiger partial charge on any atom is -0.389 e. The van der Waals surface area contributed by atoms with E-state index < -0.39 is 12.2 Å². The lowest BCUT2D eigenvalue weighted by atomic mass is 10.3. The van der Waals surface area contributed by atoms with Crippen molar-refractivity contribution in [1.82, 2.24) is 4.90 Å². The van der Waals surface area contributed by atoms with Crippen molar-refractivity contribution < 1.29 is 15.0 Å². The minimum absolute atomic E-state index is 0.171. The third-order valence-corrected chi connectivity index (χ3v) is 3.86. The lowest BCUT2D eigenvalue weighted by Crippen LogP contribution is -2.26. The van der Waals surface area contributed by atoms with E-state index in [9.17, 15) is 15.0 Å². The second-order valence-corrected chi connectivity index (χ2v) is 5.38. The van der Waals surface area contributed by atoms with Gasteiger partial charge >= 0.3 is 0 Å². The van der Waals surface area contributed by atoms with Gasteiger partial charge in [-0.25, -0.2) is 0 Å². The molecule has 0 radical (unpaired) electrons. The molecule has 0 spiro atoms. The Bertz CT molecular complexity index is 487. The van der Waals surface area contributed by atoms with Gasteiger partial charge in [-0.15, -0.1) is 11.3 Å². The van der Waals surface area contributed by atoms with Gasteiger partial charge in [0, 0.05) is 26.1 Å². The molecule has 3 N–H and O–H groups in total. The Kier molecular flexibility index (Phi) is 4.50. The molecule has 1 aromatic rings. The van der Waals surface area contributed by atoms with Gasteiger partial charge < -0.3 is 15.5 Å². The van der Waals surface area contributed by atoms with Gasteiger partial charge in [-0.05, 0) is 11.4 Å². The molecule has 2 atom stereocenters. The molecular formula is C12H15N3O3S. The first-order valence-corrected chi connectivity index (χ1v) is 6.84. The van der Waals surface area contributed by atoms with Crippen molar-refractivity contribution in [1.29, 1.82) is 5.26 Å². The summed E-state index contributed by atoms with van der Waals surface area (Å²) in [6.45, 7) is 1.25. The topological polar surface area (TPSA) is 96.6 Å². The maximum absolute atomic E-state index is 11.7. The van der Waals surface area contributed by atoms with Gasteiger partial charge in [-0.2, -0.15) is 5.26 Å². The van der Waals surface area contributed by atoms with Crippen LogP contribution in [0.5, 0.6) is 0 Å². The van der Waals surface area contributed by atoms with E-state index >= 15 is 0 Å². The maximum Gasteiger partial charge on any atom is 0.226 e. The number of nitriles is 1. The smallest absolute Gasteiger partial charge is 0.226 e. The summed E-state index contributed by atoms with van der Waals surface area (Å²) in [6, 6.07) is 3.67. The van der Waals surface area contributed by atoms with Crippen molar-refractivity contribution in [2.24, 2.45) is 0 Å². The lowest BCUT2D eigenvalue weighted by molar-refractivity contribution is -0.116. The minimum atomic E-state index is -0.731. The number of nitrogens with one attached hydrogen (secondary N) is 1. The van der Waals surface area contributed by atoms with E-state index in [1.807, 2.05) is 11.0 Å². The summed E-state index contributed by atoms with van der Waals surface area (Å²) >= 11 is 1.31. The van der Waals surface area contributed by atoms with Gasteiger partial charge in [0.05, 0.1) is 17.8 Å². The zero-order valence-corrected chi connectivity index (χ0v) is 11.1. The number of aliphatic hydroxyl groups is 2. The van der Waals surface area contributed by atoms with Crippen molar-refractivity contribution in [2.45, 2.75) is 18.6 Å².